The first-order valence-corrected chi connectivity index (χ1v) is 5.40. The smallest absolute Gasteiger partial charge is 0.255 e. The Labute approximate surface area is 101 Å². The zero-order valence-corrected chi connectivity index (χ0v) is 9.68. The van der Waals surface area contributed by atoms with E-state index in [1.807, 2.05) is 42.5 Å². The van der Waals surface area contributed by atoms with E-state index in [1.54, 1.807) is 11.9 Å². The molecular weight excluding hydrogens is 210 g/mol. The molecule has 1 amide bonds. The first kappa shape index (κ1) is 11.2. The zero-order valence-electron chi connectivity index (χ0n) is 9.68. The van der Waals surface area contributed by atoms with Crippen molar-refractivity contribution >= 4 is 16.7 Å². The van der Waals surface area contributed by atoms with Crippen LogP contribution in [0.4, 0.5) is 0 Å². The van der Waals surface area contributed by atoms with Crippen LogP contribution in [0.25, 0.3) is 10.8 Å². The molecule has 0 saturated carbocycles. The van der Waals surface area contributed by atoms with Gasteiger partial charge in [0.1, 0.15) is 0 Å². The molecule has 0 aliphatic heterocycles. The van der Waals surface area contributed by atoms with Crippen molar-refractivity contribution in [2.45, 2.75) is 0 Å². The average Bonchev–Trinajstić information content (AvgIpc) is 2.37. The molecule has 84 valence electrons. The molecule has 0 aliphatic carbocycles. The Morgan fingerprint density at radius 3 is 2.71 bits per heavy atom. The highest BCUT2D eigenvalue weighted by Crippen LogP contribution is 2.19. The quantitative estimate of drug-likeness (QED) is 0.716. The number of fused-ring (bicyclic) bond motifs is 1. The minimum Gasteiger partial charge on any atom is -0.331 e. The maximum Gasteiger partial charge on any atom is 0.255 e. The first-order valence-electron chi connectivity index (χ1n) is 5.40. The second kappa shape index (κ2) is 4.71. The van der Waals surface area contributed by atoms with Gasteiger partial charge in [-0.15, -0.1) is 6.42 Å². The molecule has 0 heterocycles. The molecule has 0 unspecified atom stereocenters. The third-order valence-electron chi connectivity index (χ3n) is 2.70. The standard InChI is InChI=1S/C15H13NO/c1-3-11-16(2)15(17)14-10-6-8-12-7-4-5-9-13(12)14/h1,4-10H,11H2,2H3. The zero-order chi connectivity index (χ0) is 12.3. The van der Waals surface area contributed by atoms with Crippen LogP contribution >= 0.6 is 0 Å². The lowest BCUT2D eigenvalue weighted by Gasteiger charge is -2.15. The third-order valence-corrected chi connectivity index (χ3v) is 2.70. The van der Waals surface area contributed by atoms with Gasteiger partial charge < -0.3 is 4.90 Å². The Kier molecular flexibility index (Phi) is 3.11. The van der Waals surface area contributed by atoms with Gasteiger partial charge in [-0.3, -0.25) is 4.79 Å². The van der Waals surface area contributed by atoms with Gasteiger partial charge >= 0.3 is 0 Å². The topological polar surface area (TPSA) is 20.3 Å². The van der Waals surface area contributed by atoms with E-state index in [0.29, 0.717) is 12.1 Å². The fourth-order valence-corrected chi connectivity index (χ4v) is 1.83. The molecule has 0 aromatic heterocycles. The van der Waals surface area contributed by atoms with Gasteiger partial charge in [0.15, 0.2) is 0 Å². The van der Waals surface area contributed by atoms with Crippen molar-refractivity contribution in [2.24, 2.45) is 0 Å². The minimum absolute atomic E-state index is 0.0419. The summed E-state index contributed by atoms with van der Waals surface area (Å²) < 4.78 is 0. The van der Waals surface area contributed by atoms with Crippen LogP contribution in [0, 0.1) is 12.3 Å². The highest BCUT2D eigenvalue weighted by Gasteiger charge is 2.13. The molecule has 0 spiro atoms. The number of terminal acetylenes is 1. The summed E-state index contributed by atoms with van der Waals surface area (Å²) in [6.45, 7) is 0.321. The minimum atomic E-state index is -0.0419. The van der Waals surface area contributed by atoms with Crippen molar-refractivity contribution in [3.63, 3.8) is 0 Å². The summed E-state index contributed by atoms with van der Waals surface area (Å²) in [5, 5.41) is 2.02. The Hall–Kier alpha value is -2.27. The predicted molar refractivity (Wildman–Crippen MR) is 69.7 cm³/mol. The molecule has 0 N–H and O–H groups in total. The van der Waals surface area contributed by atoms with Gasteiger partial charge in [0.05, 0.1) is 6.54 Å². The van der Waals surface area contributed by atoms with Crippen molar-refractivity contribution in [1.29, 1.82) is 0 Å². The van der Waals surface area contributed by atoms with Gasteiger partial charge in [-0.25, -0.2) is 0 Å². The van der Waals surface area contributed by atoms with Crippen LogP contribution in [0.1, 0.15) is 10.4 Å². The number of benzene rings is 2. The van der Waals surface area contributed by atoms with Gasteiger partial charge in [-0.1, -0.05) is 42.3 Å². The maximum atomic E-state index is 12.2. The van der Waals surface area contributed by atoms with Gasteiger partial charge in [0.25, 0.3) is 5.91 Å². The maximum absolute atomic E-state index is 12.2. The van der Waals surface area contributed by atoms with Crippen molar-refractivity contribution < 1.29 is 4.79 Å². The summed E-state index contributed by atoms with van der Waals surface area (Å²) in [5.74, 6) is 2.43. The SMILES string of the molecule is C#CCN(C)C(=O)c1cccc2ccccc12. The first-order chi connectivity index (χ1) is 8.24. The molecule has 2 aromatic rings. The van der Waals surface area contributed by atoms with Crippen LogP contribution in [-0.4, -0.2) is 24.4 Å². The second-order valence-corrected chi connectivity index (χ2v) is 3.89. The summed E-state index contributed by atoms with van der Waals surface area (Å²) >= 11 is 0. The third kappa shape index (κ3) is 2.14. The fourth-order valence-electron chi connectivity index (χ4n) is 1.83. The number of hydrogen-bond acceptors (Lipinski definition) is 1. The van der Waals surface area contributed by atoms with Crippen LogP contribution in [-0.2, 0) is 0 Å². The molecule has 0 radical (unpaired) electrons. The molecule has 0 bridgehead atoms. The molecular formula is C15H13NO. The summed E-state index contributed by atoms with van der Waals surface area (Å²) in [7, 11) is 1.71. The van der Waals surface area contributed by atoms with E-state index in [2.05, 4.69) is 5.92 Å². The van der Waals surface area contributed by atoms with Crippen LogP contribution in [0.2, 0.25) is 0 Å². The summed E-state index contributed by atoms with van der Waals surface area (Å²) in [6.07, 6.45) is 5.21. The van der Waals surface area contributed by atoms with Crippen molar-refractivity contribution in [3.05, 3.63) is 48.0 Å². The highest BCUT2D eigenvalue weighted by molar-refractivity contribution is 6.06. The molecule has 0 saturated heterocycles. The van der Waals surface area contributed by atoms with Crippen LogP contribution in [0.15, 0.2) is 42.5 Å². The summed E-state index contributed by atoms with van der Waals surface area (Å²) in [6, 6.07) is 13.5. The predicted octanol–water partition coefficient (Wildman–Crippen LogP) is 2.55. The van der Waals surface area contributed by atoms with Crippen LogP contribution in [0.3, 0.4) is 0 Å². The van der Waals surface area contributed by atoms with E-state index >= 15 is 0 Å². The van der Waals surface area contributed by atoms with Gasteiger partial charge in [-0.05, 0) is 16.8 Å². The summed E-state index contributed by atoms with van der Waals surface area (Å²) in [4.78, 5) is 13.7. The molecule has 2 rings (SSSR count). The van der Waals surface area contributed by atoms with E-state index in [0.717, 1.165) is 10.8 Å². The number of carbonyl (C=O) groups is 1. The highest BCUT2D eigenvalue weighted by atomic mass is 16.2. The van der Waals surface area contributed by atoms with E-state index in [4.69, 9.17) is 6.42 Å². The van der Waals surface area contributed by atoms with Gasteiger partial charge in [-0.2, -0.15) is 0 Å². The monoisotopic (exact) mass is 223 g/mol. The molecule has 2 nitrogen and oxygen atoms in total. The number of rotatable bonds is 2. The Bertz CT molecular complexity index is 590. The van der Waals surface area contributed by atoms with E-state index in [9.17, 15) is 4.79 Å². The molecule has 0 fully saturated rings. The Balaban J connectivity index is 2.49. The lowest BCUT2D eigenvalue weighted by atomic mass is 10.0. The van der Waals surface area contributed by atoms with E-state index in [-0.39, 0.29) is 5.91 Å². The van der Waals surface area contributed by atoms with E-state index in [1.165, 1.54) is 0 Å². The van der Waals surface area contributed by atoms with Crippen LogP contribution in [0.5, 0.6) is 0 Å². The largest absolute Gasteiger partial charge is 0.331 e. The van der Waals surface area contributed by atoms with Crippen molar-refractivity contribution in [1.82, 2.24) is 4.90 Å². The number of amides is 1. The molecule has 2 heteroatoms. The summed E-state index contributed by atoms with van der Waals surface area (Å²) in [5.41, 5.74) is 0.695. The lowest BCUT2D eigenvalue weighted by molar-refractivity contribution is 0.0814. The van der Waals surface area contributed by atoms with Crippen LogP contribution < -0.4 is 0 Å². The second-order valence-electron chi connectivity index (χ2n) is 3.89. The van der Waals surface area contributed by atoms with E-state index < -0.39 is 0 Å². The molecule has 17 heavy (non-hydrogen) atoms. The normalized spacial score (nSPS) is 9.88. The molecule has 0 atom stereocenters. The number of hydrogen-bond donors (Lipinski definition) is 0. The van der Waals surface area contributed by atoms with Gasteiger partial charge in [0, 0.05) is 12.6 Å². The average molecular weight is 223 g/mol. The lowest BCUT2D eigenvalue weighted by Crippen LogP contribution is -2.27. The molecule has 2 aromatic carbocycles. The number of carbonyl (C=O) groups excluding carboxylic acids is 1. The Morgan fingerprint density at radius 1 is 1.24 bits per heavy atom. The van der Waals surface area contributed by atoms with Crippen molar-refractivity contribution in [2.75, 3.05) is 13.6 Å². The molecule has 0 aliphatic rings. The van der Waals surface area contributed by atoms with Gasteiger partial charge in [0.2, 0.25) is 0 Å². The number of nitrogens with zero attached hydrogens (tertiary/aromatic N) is 1. The fraction of sp³-hybridized carbons (Fsp3) is 0.133. The Morgan fingerprint density at radius 2 is 1.94 bits per heavy atom. The van der Waals surface area contributed by atoms with Crippen molar-refractivity contribution in [3.8, 4) is 12.3 Å².